The summed E-state index contributed by atoms with van der Waals surface area (Å²) in [6.07, 6.45) is 0.923. The lowest BCUT2D eigenvalue weighted by Crippen LogP contribution is -2.37. The minimum Gasteiger partial charge on any atom is -0.497 e. The number of allylic oxidation sites excluding steroid dienone is 1. The molecule has 2 N–H and O–H groups in total. The van der Waals surface area contributed by atoms with Crippen molar-refractivity contribution in [3.05, 3.63) is 59.3 Å². The monoisotopic (exact) mass is 419 g/mol. The van der Waals surface area contributed by atoms with Crippen molar-refractivity contribution in [3.63, 3.8) is 0 Å². The van der Waals surface area contributed by atoms with E-state index in [1.54, 1.807) is 44.2 Å². The van der Waals surface area contributed by atoms with Crippen molar-refractivity contribution in [2.75, 3.05) is 24.4 Å². The van der Waals surface area contributed by atoms with Crippen LogP contribution in [0.5, 0.6) is 11.5 Å². The number of methoxy groups -OCH3 is 2. The molecule has 1 unspecified atom stereocenters. The number of nitrogens with one attached hydrogen (secondary N) is 2. The number of carbonyl (C=O) groups excluding carboxylic acids is 2. The Bertz CT molecular complexity index is 1060. The molecule has 0 aromatic heterocycles. The molecule has 7 nitrogen and oxygen atoms in total. The summed E-state index contributed by atoms with van der Waals surface area (Å²) in [5.74, 6) is 0.915. The third-order valence-corrected chi connectivity index (χ3v) is 5.74. The molecule has 2 aliphatic rings. The Balaban J connectivity index is 1.80. The molecule has 31 heavy (non-hydrogen) atoms. The normalized spacial score (nSPS) is 20.0. The lowest BCUT2D eigenvalue weighted by Gasteiger charge is -2.25. The minimum atomic E-state index is -0.773. The van der Waals surface area contributed by atoms with Crippen LogP contribution in [0.4, 0.5) is 11.4 Å². The molecule has 0 aliphatic carbocycles. The van der Waals surface area contributed by atoms with Gasteiger partial charge in [0, 0.05) is 48.8 Å². The second-order valence-corrected chi connectivity index (χ2v) is 7.58. The summed E-state index contributed by atoms with van der Waals surface area (Å²) in [7, 11) is 3.09. The molecule has 0 radical (unpaired) electrons. The molecule has 0 spiro atoms. The Hall–Kier alpha value is -3.61. The number of fused-ring (bicyclic) bond motifs is 1. The zero-order chi connectivity index (χ0) is 22.1. The zero-order valence-electron chi connectivity index (χ0n) is 17.8. The van der Waals surface area contributed by atoms with E-state index in [0.717, 1.165) is 11.3 Å². The van der Waals surface area contributed by atoms with Crippen LogP contribution in [0.3, 0.4) is 0 Å². The topological polar surface area (TPSA) is 91.7 Å². The number of hydrogen-bond acceptors (Lipinski definition) is 6. The number of para-hydroxylation sites is 1. The average Bonchev–Trinajstić information content (AvgIpc) is 3.31. The van der Waals surface area contributed by atoms with Gasteiger partial charge in [0.15, 0.2) is 5.78 Å². The summed E-state index contributed by atoms with van der Waals surface area (Å²) in [4.78, 5) is 27.4. The predicted octanol–water partition coefficient (Wildman–Crippen LogP) is 3.73. The van der Waals surface area contributed by atoms with Gasteiger partial charge in [-0.25, -0.2) is 0 Å². The molecule has 160 valence electrons. The number of hydrogen-bond donors (Lipinski definition) is 2. The van der Waals surface area contributed by atoms with Gasteiger partial charge in [0.05, 0.1) is 25.5 Å². The molecule has 1 atom stereocenters. The van der Waals surface area contributed by atoms with Gasteiger partial charge in [-0.3, -0.25) is 15.0 Å². The highest BCUT2D eigenvalue weighted by molar-refractivity contribution is 6.35. The van der Waals surface area contributed by atoms with Gasteiger partial charge in [0.2, 0.25) is 0 Å². The van der Waals surface area contributed by atoms with Gasteiger partial charge in [-0.1, -0.05) is 25.1 Å². The molecular weight excluding hydrogens is 394 g/mol. The van der Waals surface area contributed by atoms with Crippen LogP contribution in [0.1, 0.15) is 25.3 Å². The number of rotatable bonds is 6. The number of Topliss-reactive ketones (excluding diaryl/α,β-unsaturated/α-hetero) is 2. The van der Waals surface area contributed by atoms with Crippen molar-refractivity contribution >= 4 is 28.8 Å². The van der Waals surface area contributed by atoms with E-state index in [-0.39, 0.29) is 23.8 Å². The van der Waals surface area contributed by atoms with Crippen molar-refractivity contribution in [1.29, 1.82) is 5.41 Å². The first-order valence-electron chi connectivity index (χ1n) is 10.2. The number of benzene rings is 2. The number of amidine groups is 1. The maximum atomic E-state index is 13.5. The van der Waals surface area contributed by atoms with Crippen LogP contribution in [0.15, 0.2) is 53.7 Å². The van der Waals surface area contributed by atoms with E-state index in [1.807, 2.05) is 24.3 Å². The van der Waals surface area contributed by atoms with E-state index in [2.05, 4.69) is 5.32 Å². The van der Waals surface area contributed by atoms with Crippen molar-refractivity contribution in [2.24, 2.45) is 0 Å². The van der Waals surface area contributed by atoms with E-state index in [1.165, 1.54) is 0 Å². The number of carbonyl (C=O) groups is 2. The number of nitrogens with zero attached hydrogens (tertiary/aromatic N) is 1. The minimum absolute atomic E-state index is 0.0278. The second kappa shape index (κ2) is 8.26. The highest BCUT2D eigenvalue weighted by atomic mass is 16.5. The Morgan fingerprint density at radius 1 is 1.16 bits per heavy atom. The SMILES string of the molecule is CCC(=O)CC1C(=O)C(=C2Cc3ccccc3N2)C(=N)N1c1cc(OC)cc(OC)c1. The first-order chi connectivity index (χ1) is 15.0. The van der Waals surface area contributed by atoms with Gasteiger partial charge in [-0.15, -0.1) is 0 Å². The Kier molecular flexibility index (Phi) is 5.50. The third kappa shape index (κ3) is 3.67. The third-order valence-electron chi connectivity index (χ3n) is 5.74. The molecule has 2 aromatic carbocycles. The molecule has 1 fully saturated rings. The molecule has 0 bridgehead atoms. The molecule has 0 amide bonds. The van der Waals surface area contributed by atoms with E-state index in [4.69, 9.17) is 14.9 Å². The fourth-order valence-electron chi connectivity index (χ4n) is 4.10. The van der Waals surface area contributed by atoms with E-state index < -0.39 is 6.04 Å². The summed E-state index contributed by atoms with van der Waals surface area (Å²) >= 11 is 0. The smallest absolute Gasteiger partial charge is 0.191 e. The van der Waals surface area contributed by atoms with Crippen LogP contribution in [0.2, 0.25) is 0 Å². The molecule has 2 aromatic rings. The van der Waals surface area contributed by atoms with Crippen molar-refractivity contribution in [2.45, 2.75) is 32.2 Å². The summed E-state index contributed by atoms with van der Waals surface area (Å²) in [6, 6.07) is 12.3. The summed E-state index contributed by atoms with van der Waals surface area (Å²) < 4.78 is 10.7. The van der Waals surface area contributed by atoms with Crippen LogP contribution < -0.4 is 19.7 Å². The highest BCUT2D eigenvalue weighted by Gasteiger charge is 2.44. The maximum Gasteiger partial charge on any atom is 0.191 e. The Labute approximate surface area is 181 Å². The molecule has 0 saturated carbocycles. The van der Waals surface area contributed by atoms with E-state index >= 15 is 0 Å². The van der Waals surface area contributed by atoms with Crippen LogP contribution in [-0.4, -0.2) is 37.7 Å². The quantitative estimate of drug-likeness (QED) is 0.694. The average molecular weight is 419 g/mol. The molecular formula is C24H25N3O4. The van der Waals surface area contributed by atoms with Gasteiger partial charge >= 0.3 is 0 Å². The Morgan fingerprint density at radius 2 is 1.84 bits per heavy atom. The van der Waals surface area contributed by atoms with E-state index in [9.17, 15) is 9.59 Å². The fraction of sp³-hybridized carbons (Fsp3) is 0.292. The standard InChI is InChI=1S/C24H25N3O4/c1-4-16(28)12-21-23(29)22(20-9-14-7-5-6-8-19(14)26-20)24(25)27(21)15-10-17(30-2)13-18(11-15)31-3/h5-8,10-11,13,21,25-26H,4,9,12H2,1-3H3. The Morgan fingerprint density at radius 3 is 2.45 bits per heavy atom. The van der Waals surface area contributed by atoms with Crippen LogP contribution in [0, 0.1) is 5.41 Å². The first-order valence-corrected chi connectivity index (χ1v) is 10.2. The zero-order valence-corrected chi connectivity index (χ0v) is 17.8. The maximum absolute atomic E-state index is 13.5. The van der Waals surface area contributed by atoms with Crippen LogP contribution in [0.25, 0.3) is 0 Å². The van der Waals surface area contributed by atoms with Gasteiger partial charge in [0.1, 0.15) is 29.2 Å². The number of ether oxygens (including phenoxy) is 2. The van der Waals surface area contributed by atoms with Gasteiger partial charge in [0.25, 0.3) is 0 Å². The molecule has 2 heterocycles. The summed E-state index contributed by atoms with van der Waals surface area (Å²) in [6.45, 7) is 1.78. The molecule has 7 heteroatoms. The van der Waals surface area contributed by atoms with Crippen molar-refractivity contribution in [3.8, 4) is 11.5 Å². The lowest BCUT2D eigenvalue weighted by molar-refractivity contribution is -0.122. The van der Waals surface area contributed by atoms with Gasteiger partial charge < -0.3 is 19.7 Å². The van der Waals surface area contributed by atoms with Crippen molar-refractivity contribution in [1.82, 2.24) is 0 Å². The largest absolute Gasteiger partial charge is 0.497 e. The van der Waals surface area contributed by atoms with E-state index in [0.29, 0.717) is 41.3 Å². The van der Waals surface area contributed by atoms with Crippen molar-refractivity contribution < 1.29 is 19.1 Å². The van der Waals surface area contributed by atoms with Gasteiger partial charge in [-0.05, 0) is 11.6 Å². The molecule has 4 rings (SSSR count). The predicted molar refractivity (Wildman–Crippen MR) is 119 cm³/mol. The molecule has 2 aliphatic heterocycles. The lowest BCUT2D eigenvalue weighted by atomic mass is 10.0. The second-order valence-electron chi connectivity index (χ2n) is 7.58. The van der Waals surface area contributed by atoms with Crippen LogP contribution >= 0.6 is 0 Å². The fourth-order valence-corrected chi connectivity index (χ4v) is 4.10. The highest BCUT2D eigenvalue weighted by Crippen LogP contribution is 2.38. The van der Waals surface area contributed by atoms with Crippen LogP contribution in [-0.2, 0) is 16.0 Å². The van der Waals surface area contributed by atoms with Gasteiger partial charge in [-0.2, -0.15) is 0 Å². The number of ketones is 2. The number of anilines is 2. The summed E-state index contributed by atoms with van der Waals surface area (Å²) in [5.41, 5.74) is 3.62. The summed E-state index contributed by atoms with van der Waals surface area (Å²) in [5, 5.41) is 12.2. The first kappa shape index (κ1) is 20.7. The molecule has 1 saturated heterocycles.